The van der Waals surface area contributed by atoms with Gasteiger partial charge in [-0.3, -0.25) is 8.78 Å². The maximum atomic E-state index is 12.6. The van der Waals surface area contributed by atoms with E-state index in [1.807, 2.05) is 10.8 Å². The van der Waals surface area contributed by atoms with Crippen LogP contribution in [0.5, 0.6) is 0 Å². The number of benzene rings is 1. The minimum Gasteiger partial charge on any atom is -0.371 e. The lowest BCUT2D eigenvalue weighted by atomic mass is 9.88. The quantitative estimate of drug-likeness (QED) is 0.631. The molecule has 7 rings (SSSR count). The molecular weight excluding hydrogens is 408 g/mol. The number of anilines is 2. The Balaban J connectivity index is 1.15. The van der Waals surface area contributed by atoms with E-state index in [4.69, 9.17) is 9.97 Å². The molecule has 1 aliphatic carbocycles. The summed E-state index contributed by atoms with van der Waals surface area (Å²) in [6.45, 7) is 4.17. The van der Waals surface area contributed by atoms with Crippen LogP contribution in [-0.2, 0) is 30.1 Å². The van der Waals surface area contributed by atoms with Crippen LogP contribution in [0, 0.1) is 11.8 Å². The third-order valence-electron chi connectivity index (χ3n) is 7.39. The van der Waals surface area contributed by atoms with Crippen molar-refractivity contribution in [2.75, 3.05) is 41.7 Å². The van der Waals surface area contributed by atoms with Gasteiger partial charge in [-0.25, -0.2) is 9.97 Å². The molecule has 1 aromatic carbocycles. The van der Waals surface area contributed by atoms with Crippen molar-refractivity contribution in [3.8, 4) is 5.82 Å². The van der Waals surface area contributed by atoms with Gasteiger partial charge in [-0.1, -0.05) is 6.07 Å². The van der Waals surface area contributed by atoms with E-state index in [9.17, 15) is 4.21 Å². The van der Waals surface area contributed by atoms with Gasteiger partial charge < -0.3 is 9.80 Å². The zero-order chi connectivity index (χ0) is 20.5. The van der Waals surface area contributed by atoms with Crippen molar-refractivity contribution in [1.82, 2.24) is 19.5 Å². The molecule has 0 radical (unpaired) electrons. The summed E-state index contributed by atoms with van der Waals surface area (Å²) in [7, 11) is -1.03. The van der Waals surface area contributed by atoms with Crippen LogP contribution in [-0.4, -0.2) is 55.7 Å². The standard InChI is InChI=1S/C23H24N6OS/c30-31-8-5-20-21(31)22(27-7-6-24-14-27)26-23(25-20)29-12-17-10-28(11-18(17)13-29)19-4-3-15-1-2-16(15)9-19/h3-4,6-7,9,14,17-18H,1-2,5,8,10-13H2/t17?,18?,31-/m0/s1. The molecule has 2 aromatic heterocycles. The second-order valence-corrected chi connectivity index (χ2v) is 10.7. The van der Waals surface area contributed by atoms with Gasteiger partial charge in [0.25, 0.3) is 0 Å². The van der Waals surface area contributed by atoms with Crippen molar-refractivity contribution in [2.24, 2.45) is 11.8 Å². The molecule has 0 bridgehead atoms. The highest BCUT2D eigenvalue weighted by atomic mass is 32.2. The summed E-state index contributed by atoms with van der Waals surface area (Å²) in [5.41, 5.74) is 5.38. The summed E-state index contributed by atoms with van der Waals surface area (Å²) in [6, 6.07) is 7.02. The van der Waals surface area contributed by atoms with Crippen LogP contribution in [0.4, 0.5) is 11.6 Å². The van der Waals surface area contributed by atoms with E-state index in [1.54, 1.807) is 12.5 Å². The Morgan fingerprint density at radius 3 is 2.45 bits per heavy atom. The van der Waals surface area contributed by atoms with E-state index < -0.39 is 10.8 Å². The van der Waals surface area contributed by atoms with Gasteiger partial charge in [0.1, 0.15) is 11.2 Å². The number of hydrogen-bond acceptors (Lipinski definition) is 6. The lowest BCUT2D eigenvalue weighted by Gasteiger charge is -2.26. The van der Waals surface area contributed by atoms with Gasteiger partial charge in [0.05, 0.1) is 16.5 Å². The number of fused-ring (bicyclic) bond motifs is 3. The highest BCUT2D eigenvalue weighted by molar-refractivity contribution is 7.85. The molecule has 2 fully saturated rings. The summed E-state index contributed by atoms with van der Waals surface area (Å²) in [6.07, 6.45) is 8.56. The molecule has 0 saturated carbocycles. The van der Waals surface area contributed by atoms with Crippen LogP contribution in [0.2, 0.25) is 0 Å². The maximum Gasteiger partial charge on any atom is 0.227 e. The Morgan fingerprint density at radius 1 is 0.935 bits per heavy atom. The van der Waals surface area contributed by atoms with Gasteiger partial charge in [-0.2, -0.15) is 4.98 Å². The Kier molecular flexibility index (Phi) is 3.82. The van der Waals surface area contributed by atoms with Crippen molar-refractivity contribution in [3.63, 3.8) is 0 Å². The van der Waals surface area contributed by atoms with Crippen molar-refractivity contribution in [2.45, 2.75) is 24.2 Å². The largest absolute Gasteiger partial charge is 0.371 e. The molecule has 0 spiro atoms. The SMILES string of the molecule is O=[S@]1CCc2nc(N3CC4CN(c5ccc6c(c5)CC6)CC4C3)nc(-n3ccnc3)c21. The first-order valence-electron chi connectivity index (χ1n) is 11.1. The predicted molar refractivity (Wildman–Crippen MR) is 119 cm³/mol. The minimum absolute atomic E-state index is 0.633. The average molecular weight is 433 g/mol. The van der Waals surface area contributed by atoms with E-state index in [0.717, 1.165) is 55.0 Å². The second kappa shape index (κ2) is 6.63. The molecule has 158 valence electrons. The minimum atomic E-state index is -1.03. The van der Waals surface area contributed by atoms with Crippen LogP contribution in [0.25, 0.3) is 5.82 Å². The maximum absolute atomic E-state index is 12.6. The summed E-state index contributed by atoms with van der Waals surface area (Å²) >= 11 is 0. The molecule has 2 saturated heterocycles. The van der Waals surface area contributed by atoms with Crippen LogP contribution < -0.4 is 9.80 Å². The van der Waals surface area contributed by atoms with E-state index >= 15 is 0 Å². The fraction of sp³-hybridized carbons (Fsp3) is 0.435. The first-order valence-corrected chi connectivity index (χ1v) is 12.4. The number of hydrogen-bond donors (Lipinski definition) is 0. The average Bonchev–Trinajstić information content (AvgIpc) is 3.52. The molecule has 5 heterocycles. The van der Waals surface area contributed by atoms with Gasteiger partial charge in [0.2, 0.25) is 5.95 Å². The lowest BCUT2D eigenvalue weighted by molar-refractivity contribution is 0.533. The van der Waals surface area contributed by atoms with Crippen LogP contribution in [0.1, 0.15) is 16.8 Å². The lowest BCUT2D eigenvalue weighted by Crippen LogP contribution is -2.30. The molecule has 31 heavy (non-hydrogen) atoms. The Hall–Kier alpha value is -2.74. The molecule has 3 aliphatic heterocycles. The second-order valence-electron chi connectivity index (χ2n) is 9.18. The van der Waals surface area contributed by atoms with Gasteiger partial charge in [-0.05, 0) is 36.1 Å². The van der Waals surface area contributed by atoms with E-state index in [0.29, 0.717) is 17.6 Å². The summed E-state index contributed by atoms with van der Waals surface area (Å²) < 4.78 is 14.4. The highest BCUT2D eigenvalue weighted by Crippen LogP contribution is 2.38. The van der Waals surface area contributed by atoms with E-state index in [1.165, 1.54) is 29.7 Å². The summed E-state index contributed by atoms with van der Waals surface area (Å²) in [5.74, 6) is 3.41. The fourth-order valence-corrected chi connectivity index (χ4v) is 6.96. The van der Waals surface area contributed by atoms with E-state index in [-0.39, 0.29) is 0 Å². The molecule has 3 atom stereocenters. The van der Waals surface area contributed by atoms with Crippen LogP contribution in [0.3, 0.4) is 0 Å². The Morgan fingerprint density at radius 2 is 1.74 bits per heavy atom. The number of nitrogens with zero attached hydrogens (tertiary/aromatic N) is 6. The van der Waals surface area contributed by atoms with Gasteiger partial charge >= 0.3 is 0 Å². The third-order valence-corrected chi connectivity index (χ3v) is 8.84. The van der Waals surface area contributed by atoms with Crippen molar-refractivity contribution < 1.29 is 4.21 Å². The van der Waals surface area contributed by atoms with Gasteiger partial charge in [0.15, 0.2) is 5.82 Å². The molecule has 3 aromatic rings. The molecule has 4 aliphatic rings. The Bertz CT molecular complexity index is 1200. The predicted octanol–water partition coefficient (Wildman–Crippen LogP) is 2.00. The molecule has 8 heteroatoms. The number of aromatic nitrogens is 4. The Labute approximate surface area is 183 Å². The van der Waals surface area contributed by atoms with Crippen LogP contribution in [0.15, 0.2) is 41.8 Å². The third kappa shape index (κ3) is 2.77. The first kappa shape index (κ1) is 17.9. The van der Waals surface area contributed by atoms with Crippen molar-refractivity contribution in [1.29, 1.82) is 0 Å². The monoisotopic (exact) mass is 432 g/mol. The number of aryl methyl sites for hydroxylation is 3. The molecule has 0 N–H and O–H groups in total. The smallest absolute Gasteiger partial charge is 0.227 e. The molecule has 2 unspecified atom stereocenters. The van der Waals surface area contributed by atoms with Crippen molar-refractivity contribution >= 4 is 22.4 Å². The number of rotatable bonds is 3. The molecule has 7 nitrogen and oxygen atoms in total. The zero-order valence-electron chi connectivity index (χ0n) is 17.3. The highest BCUT2D eigenvalue weighted by Gasteiger charge is 2.41. The van der Waals surface area contributed by atoms with Gasteiger partial charge in [-0.15, -0.1) is 0 Å². The summed E-state index contributed by atoms with van der Waals surface area (Å²) in [5, 5.41) is 0. The van der Waals surface area contributed by atoms with Gasteiger partial charge in [0, 0.05) is 68.3 Å². The fourth-order valence-electron chi connectivity index (χ4n) is 5.61. The first-order chi connectivity index (χ1) is 15.2. The number of imidazole rings is 1. The molecular formula is C23H24N6OS. The van der Waals surface area contributed by atoms with E-state index in [2.05, 4.69) is 33.0 Å². The molecule has 0 amide bonds. The topological polar surface area (TPSA) is 67.2 Å². The van der Waals surface area contributed by atoms with Crippen LogP contribution >= 0.6 is 0 Å². The van der Waals surface area contributed by atoms with Crippen molar-refractivity contribution in [3.05, 3.63) is 53.7 Å². The summed E-state index contributed by atoms with van der Waals surface area (Å²) in [4.78, 5) is 19.6. The normalized spacial score (nSPS) is 26.0. The zero-order valence-corrected chi connectivity index (χ0v) is 18.1.